The molecule has 0 amide bonds. The summed E-state index contributed by atoms with van der Waals surface area (Å²) in [6.07, 6.45) is 2.97. The highest BCUT2D eigenvalue weighted by Gasteiger charge is 2.13. The molecule has 1 atom stereocenters. The topological polar surface area (TPSA) is 28.2 Å². The van der Waals surface area contributed by atoms with Gasteiger partial charge in [-0.15, -0.1) is 11.3 Å². The maximum absolute atomic E-state index is 4.35. The lowest BCUT2D eigenvalue weighted by atomic mass is 10.2. The van der Waals surface area contributed by atoms with Crippen molar-refractivity contribution in [1.82, 2.24) is 4.98 Å². The van der Waals surface area contributed by atoms with E-state index in [1.54, 1.807) is 11.3 Å². The first-order chi connectivity index (χ1) is 9.22. The van der Waals surface area contributed by atoms with Gasteiger partial charge in [0.2, 0.25) is 0 Å². The van der Waals surface area contributed by atoms with E-state index in [4.69, 9.17) is 0 Å². The number of hydrogen-bond acceptors (Lipinski definition) is 4. The molecule has 0 fully saturated rings. The fourth-order valence-corrected chi connectivity index (χ4v) is 2.76. The Morgan fingerprint density at radius 3 is 2.95 bits per heavy atom. The number of pyridine rings is 1. The van der Waals surface area contributed by atoms with E-state index in [0.29, 0.717) is 6.04 Å². The molecule has 2 aromatic rings. The van der Waals surface area contributed by atoms with Gasteiger partial charge >= 0.3 is 0 Å². The third-order valence-corrected chi connectivity index (χ3v) is 4.29. The molecule has 4 heteroatoms. The maximum atomic E-state index is 4.35. The standard InChI is InChI=1S/C15H21N3S/c1-4-8-16-15-11-13(7-9-17-15)18(3)12(2)14-6-5-10-19-14/h5-7,9-12H,4,8H2,1-3H3,(H,16,17). The lowest BCUT2D eigenvalue weighted by Crippen LogP contribution is -2.21. The van der Waals surface area contributed by atoms with E-state index < -0.39 is 0 Å². The summed E-state index contributed by atoms with van der Waals surface area (Å²) in [7, 11) is 2.13. The lowest BCUT2D eigenvalue weighted by Gasteiger charge is -2.26. The van der Waals surface area contributed by atoms with Crippen molar-refractivity contribution in [2.45, 2.75) is 26.3 Å². The number of nitrogens with one attached hydrogen (secondary N) is 1. The minimum Gasteiger partial charge on any atom is -0.370 e. The fourth-order valence-electron chi connectivity index (χ4n) is 1.93. The van der Waals surface area contributed by atoms with Crippen LogP contribution in [0.15, 0.2) is 35.8 Å². The molecule has 2 rings (SSSR count). The highest BCUT2D eigenvalue weighted by Crippen LogP contribution is 2.28. The monoisotopic (exact) mass is 275 g/mol. The lowest BCUT2D eigenvalue weighted by molar-refractivity contribution is 0.753. The first kappa shape index (κ1) is 13.9. The molecule has 0 bridgehead atoms. The van der Waals surface area contributed by atoms with Crippen molar-refractivity contribution in [3.63, 3.8) is 0 Å². The number of rotatable bonds is 6. The van der Waals surface area contributed by atoms with Gasteiger partial charge in [-0.3, -0.25) is 0 Å². The minimum absolute atomic E-state index is 0.376. The van der Waals surface area contributed by atoms with Crippen molar-refractivity contribution in [2.24, 2.45) is 0 Å². The summed E-state index contributed by atoms with van der Waals surface area (Å²) in [6.45, 7) is 5.34. The molecule has 2 heterocycles. The van der Waals surface area contributed by atoms with Gasteiger partial charge in [0, 0.05) is 36.4 Å². The summed E-state index contributed by atoms with van der Waals surface area (Å²) in [4.78, 5) is 8.01. The van der Waals surface area contributed by atoms with Crippen molar-refractivity contribution in [3.8, 4) is 0 Å². The summed E-state index contributed by atoms with van der Waals surface area (Å²) in [5.74, 6) is 0.949. The van der Waals surface area contributed by atoms with Crippen LogP contribution in [0.25, 0.3) is 0 Å². The quantitative estimate of drug-likeness (QED) is 0.858. The zero-order valence-corrected chi connectivity index (χ0v) is 12.6. The second-order valence-corrected chi connectivity index (χ2v) is 5.61. The van der Waals surface area contributed by atoms with Crippen LogP contribution < -0.4 is 10.2 Å². The van der Waals surface area contributed by atoms with Gasteiger partial charge < -0.3 is 10.2 Å². The van der Waals surface area contributed by atoms with Crippen molar-refractivity contribution < 1.29 is 0 Å². The highest BCUT2D eigenvalue weighted by molar-refractivity contribution is 7.10. The SMILES string of the molecule is CCCNc1cc(N(C)C(C)c2cccs2)ccn1. The third kappa shape index (κ3) is 3.47. The highest BCUT2D eigenvalue weighted by atomic mass is 32.1. The van der Waals surface area contributed by atoms with Crippen molar-refractivity contribution in [3.05, 3.63) is 40.7 Å². The van der Waals surface area contributed by atoms with E-state index in [1.807, 2.05) is 6.20 Å². The zero-order chi connectivity index (χ0) is 13.7. The van der Waals surface area contributed by atoms with Gasteiger partial charge in [0.25, 0.3) is 0 Å². The summed E-state index contributed by atoms with van der Waals surface area (Å²) in [6, 6.07) is 8.83. The molecule has 0 aromatic carbocycles. The molecule has 0 radical (unpaired) electrons. The Labute approximate surface area is 119 Å². The predicted octanol–water partition coefficient (Wildman–Crippen LogP) is 4.16. The first-order valence-electron chi connectivity index (χ1n) is 6.68. The summed E-state index contributed by atoms with van der Waals surface area (Å²) in [5.41, 5.74) is 1.19. The van der Waals surface area contributed by atoms with E-state index in [-0.39, 0.29) is 0 Å². The van der Waals surface area contributed by atoms with Crippen LogP contribution in [0.3, 0.4) is 0 Å². The van der Waals surface area contributed by atoms with Crippen LogP contribution in [0, 0.1) is 0 Å². The molecule has 3 nitrogen and oxygen atoms in total. The Morgan fingerprint density at radius 1 is 1.42 bits per heavy atom. The van der Waals surface area contributed by atoms with E-state index in [0.717, 1.165) is 18.8 Å². The number of aromatic nitrogens is 1. The van der Waals surface area contributed by atoms with Crippen LogP contribution in [-0.2, 0) is 0 Å². The summed E-state index contributed by atoms with van der Waals surface area (Å²) < 4.78 is 0. The minimum atomic E-state index is 0.376. The van der Waals surface area contributed by atoms with Gasteiger partial charge in [0.1, 0.15) is 5.82 Å². The maximum Gasteiger partial charge on any atom is 0.127 e. The second-order valence-electron chi connectivity index (χ2n) is 4.63. The molecule has 1 unspecified atom stereocenters. The Hall–Kier alpha value is -1.55. The smallest absolute Gasteiger partial charge is 0.127 e. The van der Waals surface area contributed by atoms with Crippen LogP contribution in [0.5, 0.6) is 0 Å². The summed E-state index contributed by atoms with van der Waals surface area (Å²) in [5, 5.41) is 5.45. The van der Waals surface area contributed by atoms with Gasteiger partial charge in [0.05, 0.1) is 6.04 Å². The molecular formula is C15H21N3S. The van der Waals surface area contributed by atoms with Crippen LogP contribution in [0.4, 0.5) is 11.5 Å². The van der Waals surface area contributed by atoms with Crippen LogP contribution in [-0.4, -0.2) is 18.6 Å². The van der Waals surface area contributed by atoms with Gasteiger partial charge in [-0.05, 0) is 30.9 Å². The predicted molar refractivity (Wildman–Crippen MR) is 84.2 cm³/mol. The van der Waals surface area contributed by atoms with E-state index in [9.17, 15) is 0 Å². The molecule has 0 aliphatic heterocycles. The van der Waals surface area contributed by atoms with Crippen LogP contribution in [0.1, 0.15) is 31.2 Å². The van der Waals surface area contributed by atoms with Crippen LogP contribution in [0.2, 0.25) is 0 Å². The second kappa shape index (κ2) is 6.57. The molecule has 0 spiro atoms. The number of anilines is 2. The van der Waals surface area contributed by atoms with E-state index in [2.05, 4.69) is 65.7 Å². The zero-order valence-electron chi connectivity index (χ0n) is 11.8. The average Bonchev–Trinajstić information content (AvgIpc) is 2.98. The largest absolute Gasteiger partial charge is 0.370 e. The van der Waals surface area contributed by atoms with Gasteiger partial charge in [-0.1, -0.05) is 13.0 Å². The fraction of sp³-hybridized carbons (Fsp3) is 0.400. The summed E-state index contributed by atoms with van der Waals surface area (Å²) >= 11 is 1.80. The van der Waals surface area contributed by atoms with Gasteiger partial charge in [-0.25, -0.2) is 4.98 Å². The molecule has 2 aromatic heterocycles. The number of hydrogen-bond donors (Lipinski definition) is 1. The van der Waals surface area contributed by atoms with E-state index >= 15 is 0 Å². The Bertz CT molecular complexity index is 496. The van der Waals surface area contributed by atoms with Crippen LogP contribution >= 0.6 is 11.3 Å². The molecule has 0 saturated carbocycles. The van der Waals surface area contributed by atoms with Crippen molar-refractivity contribution in [2.75, 3.05) is 23.8 Å². The van der Waals surface area contributed by atoms with E-state index in [1.165, 1.54) is 10.6 Å². The number of nitrogens with zero attached hydrogens (tertiary/aromatic N) is 2. The van der Waals surface area contributed by atoms with Crippen molar-refractivity contribution >= 4 is 22.8 Å². The van der Waals surface area contributed by atoms with Gasteiger partial charge in [-0.2, -0.15) is 0 Å². The van der Waals surface area contributed by atoms with Gasteiger partial charge in [0.15, 0.2) is 0 Å². The Kier molecular flexibility index (Phi) is 4.80. The Balaban J connectivity index is 2.12. The Morgan fingerprint density at radius 2 is 2.26 bits per heavy atom. The van der Waals surface area contributed by atoms with Crippen molar-refractivity contribution in [1.29, 1.82) is 0 Å². The average molecular weight is 275 g/mol. The molecule has 19 heavy (non-hydrogen) atoms. The molecule has 102 valence electrons. The number of thiophene rings is 1. The third-order valence-electron chi connectivity index (χ3n) is 3.24. The molecule has 0 aliphatic rings. The molecule has 0 saturated heterocycles. The molecule has 0 aliphatic carbocycles. The molecule has 1 N–H and O–H groups in total. The normalized spacial score (nSPS) is 12.2. The molecular weight excluding hydrogens is 254 g/mol. The first-order valence-corrected chi connectivity index (χ1v) is 7.56.